The van der Waals surface area contributed by atoms with E-state index in [1.54, 1.807) is 0 Å². The molecule has 2 fully saturated rings. The van der Waals surface area contributed by atoms with Gasteiger partial charge in [-0.15, -0.1) is 0 Å². The normalized spacial score (nSPS) is 34.0. The first-order chi connectivity index (χ1) is 9.99. The molecule has 0 aromatic carbocycles. The van der Waals surface area contributed by atoms with Crippen molar-refractivity contribution in [1.29, 1.82) is 0 Å². The minimum Gasteiger partial charge on any atom is -0.377 e. The highest BCUT2D eigenvalue weighted by Gasteiger charge is 2.36. The second-order valence-corrected chi connectivity index (χ2v) is 8.07. The molecule has 1 saturated heterocycles. The van der Waals surface area contributed by atoms with Crippen LogP contribution in [0.1, 0.15) is 59.3 Å². The molecule has 0 spiro atoms. The van der Waals surface area contributed by atoms with Crippen LogP contribution in [0.5, 0.6) is 0 Å². The van der Waals surface area contributed by atoms with E-state index in [4.69, 9.17) is 4.74 Å². The van der Waals surface area contributed by atoms with Gasteiger partial charge in [-0.3, -0.25) is 0 Å². The van der Waals surface area contributed by atoms with Crippen LogP contribution in [0.2, 0.25) is 0 Å². The fourth-order valence-corrected chi connectivity index (χ4v) is 4.32. The van der Waals surface area contributed by atoms with Crippen LogP contribution < -0.4 is 5.32 Å². The van der Waals surface area contributed by atoms with Gasteiger partial charge in [0.15, 0.2) is 0 Å². The molecule has 2 aliphatic rings. The van der Waals surface area contributed by atoms with Crippen LogP contribution in [0.3, 0.4) is 0 Å². The molecule has 21 heavy (non-hydrogen) atoms. The average Bonchev–Trinajstić information content (AvgIpc) is 2.89. The smallest absolute Gasteiger partial charge is 0.0702 e. The van der Waals surface area contributed by atoms with E-state index in [9.17, 15) is 0 Å². The predicted molar refractivity (Wildman–Crippen MR) is 89.7 cm³/mol. The quantitative estimate of drug-likeness (QED) is 0.780. The molecule has 0 radical (unpaired) electrons. The van der Waals surface area contributed by atoms with Gasteiger partial charge < -0.3 is 15.0 Å². The van der Waals surface area contributed by atoms with Gasteiger partial charge in [0.2, 0.25) is 0 Å². The second-order valence-electron chi connectivity index (χ2n) is 8.07. The first-order valence-electron chi connectivity index (χ1n) is 9.03. The summed E-state index contributed by atoms with van der Waals surface area (Å²) in [6.45, 7) is 11.4. The Morgan fingerprint density at radius 1 is 1.29 bits per heavy atom. The highest BCUT2D eigenvalue weighted by molar-refractivity contribution is 4.90. The minimum atomic E-state index is 0.468. The summed E-state index contributed by atoms with van der Waals surface area (Å²) >= 11 is 0. The van der Waals surface area contributed by atoms with Crippen molar-refractivity contribution >= 4 is 0 Å². The zero-order valence-electron chi connectivity index (χ0n) is 14.7. The van der Waals surface area contributed by atoms with Gasteiger partial charge in [0, 0.05) is 32.3 Å². The molecule has 3 nitrogen and oxygen atoms in total. The average molecular weight is 296 g/mol. The summed E-state index contributed by atoms with van der Waals surface area (Å²) < 4.78 is 5.81. The van der Waals surface area contributed by atoms with Gasteiger partial charge in [0.1, 0.15) is 0 Å². The van der Waals surface area contributed by atoms with Gasteiger partial charge in [-0.05, 0) is 44.1 Å². The van der Waals surface area contributed by atoms with E-state index in [1.165, 1.54) is 51.6 Å². The Morgan fingerprint density at radius 2 is 2.10 bits per heavy atom. The van der Waals surface area contributed by atoms with Gasteiger partial charge in [-0.1, -0.05) is 33.6 Å². The number of rotatable bonds is 7. The maximum Gasteiger partial charge on any atom is 0.0702 e. The summed E-state index contributed by atoms with van der Waals surface area (Å²) in [6, 6.07) is 0.586. The molecule has 1 saturated carbocycles. The third kappa shape index (κ3) is 5.54. The number of ether oxygens (including phenoxy) is 1. The van der Waals surface area contributed by atoms with Crippen molar-refractivity contribution in [2.45, 2.75) is 71.4 Å². The Morgan fingerprint density at radius 3 is 2.71 bits per heavy atom. The van der Waals surface area contributed by atoms with Crippen LogP contribution in [0, 0.1) is 11.3 Å². The van der Waals surface area contributed by atoms with Crippen molar-refractivity contribution in [2.24, 2.45) is 11.3 Å². The van der Waals surface area contributed by atoms with Gasteiger partial charge >= 0.3 is 0 Å². The highest BCUT2D eigenvalue weighted by atomic mass is 16.5. The topological polar surface area (TPSA) is 24.5 Å². The SMILES string of the molecule is CC1CCCC(CNC(C)C)(CN(C)CC2CCCO2)C1. The van der Waals surface area contributed by atoms with Crippen LogP contribution in [0.4, 0.5) is 0 Å². The molecule has 3 atom stereocenters. The van der Waals surface area contributed by atoms with Crippen LogP contribution in [-0.4, -0.2) is 50.3 Å². The van der Waals surface area contributed by atoms with Crippen LogP contribution in [-0.2, 0) is 4.74 Å². The third-order valence-corrected chi connectivity index (χ3v) is 5.22. The fourth-order valence-electron chi connectivity index (χ4n) is 4.32. The lowest BCUT2D eigenvalue weighted by atomic mass is 9.69. The molecular weight excluding hydrogens is 260 g/mol. The molecule has 1 N–H and O–H groups in total. The maximum absolute atomic E-state index is 5.81. The van der Waals surface area contributed by atoms with E-state index in [0.717, 1.165) is 19.1 Å². The van der Waals surface area contributed by atoms with E-state index in [1.807, 2.05) is 0 Å². The van der Waals surface area contributed by atoms with E-state index in [0.29, 0.717) is 17.6 Å². The molecular formula is C18H36N2O. The lowest BCUT2D eigenvalue weighted by molar-refractivity contribution is 0.0453. The number of hydrogen-bond donors (Lipinski definition) is 1. The minimum absolute atomic E-state index is 0.468. The molecule has 3 heteroatoms. The largest absolute Gasteiger partial charge is 0.377 e. The van der Waals surface area contributed by atoms with Crippen molar-refractivity contribution in [3.8, 4) is 0 Å². The Balaban J connectivity index is 1.90. The van der Waals surface area contributed by atoms with Crippen LogP contribution in [0.15, 0.2) is 0 Å². The van der Waals surface area contributed by atoms with E-state index < -0.39 is 0 Å². The number of likely N-dealkylation sites (N-methyl/N-ethyl adjacent to an activating group) is 1. The number of nitrogens with one attached hydrogen (secondary N) is 1. The second kappa shape index (κ2) is 7.94. The standard InChI is InChI=1S/C18H36N2O/c1-15(2)19-13-18(9-5-7-16(3)11-18)14-20(4)12-17-8-6-10-21-17/h15-17,19H,5-14H2,1-4H3. The van der Waals surface area contributed by atoms with Crippen molar-refractivity contribution in [3.05, 3.63) is 0 Å². The zero-order valence-corrected chi connectivity index (χ0v) is 14.7. The molecule has 1 heterocycles. The molecule has 0 amide bonds. The van der Waals surface area contributed by atoms with Gasteiger partial charge in [0.05, 0.1) is 6.10 Å². The highest BCUT2D eigenvalue weighted by Crippen LogP contribution is 2.39. The van der Waals surface area contributed by atoms with Gasteiger partial charge in [-0.25, -0.2) is 0 Å². The maximum atomic E-state index is 5.81. The molecule has 1 aliphatic heterocycles. The van der Waals surface area contributed by atoms with Gasteiger partial charge in [0.25, 0.3) is 0 Å². The summed E-state index contributed by atoms with van der Waals surface area (Å²) in [7, 11) is 2.29. The van der Waals surface area contributed by atoms with Crippen molar-refractivity contribution in [3.63, 3.8) is 0 Å². The number of hydrogen-bond acceptors (Lipinski definition) is 3. The van der Waals surface area contributed by atoms with E-state index >= 15 is 0 Å². The first-order valence-corrected chi connectivity index (χ1v) is 9.03. The lowest BCUT2D eigenvalue weighted by Gasteiger charge is -2.43. The Labute approximate surface area is 131 Å². The molecule has 0 bridgehead atoms. The molecule has 2 rings (SSSR count). The van der Waals surface area contributed by atoms with E-state index in [2.05, 4.69) is 38.0 Å². The van der Waals surface area contributed by atoms with Crippen LogP contribution in [0.25, 0.3) is 0 Å². The van der Waals surface area contributed by atoms with Crippen molar-refractivity contribution in [2.75, 3.05) is 33.3 Å². The summed E-state index contributed by atoms with van der Waals surface area (Å²) in [6.07, 6.45) is 8.54. The Hall–Kier alpha value is -0.120. The predicted octanol–water partition coefficient (Wildman–Crippen LogP) is 3.29. The summed E-state index contributed by atoms with van der Waals surface area (Å²) in [5.41, 5.74) is 0.468. The fraction of sp³-hybridized carbons (Fsp3) is 1.00. The summed E-state index contributed by atoms with van der Waals surface area (Å²) in [5.74, 6) is 0.879. The molecule has 124 valence electrons. The Bertz CT molecular complexity index is 302. The summed E-state index contributed by atoms with van der Waals surface area (Å²) in [4.78, 5) is 2.54. The summed E-state index contributed by atoms with van der Waals surface area (Å²) in [5, 5.41) is 3.72. The third-order valence-electron chi connectivity index (χ3n) is 5.22. The molecule has 0 aromatic rings. The monoisotopic (exact) mass is 296 g/mol. The van der Waals surface area contributed by atoms with Crippen molar-refractivity contribution in [1.82, 2.24) is 10.2 Å². The lowest BCUT2D eigenvalue weighted by Crippen LogP contribution is -2.48. The van der Waals surface area contributed by atoms with Crippen LogP contribution >= 0.6 is 0 Å². The Kier molecular flexibility index (Phi) is 6.51. The van der Waals surface area contributed by atoms with Crippen molar-refractivity contribution < 1.29 is 4.74 Å². The number of nitrogens with zero attached hydrogens (tertiary/aromatic N) is 1. The molecule has 1 aliphatic carbocycles. The zero-order chi connectivity index (χ0) is 15.3. The van der Waals surface area contributed by atoms with Gasteiger partial charge in [-0.2, -0.15) is 0 Å². The van der Waals surface area contributed by atoms with E-state index in [-0.39, 0.29) is 0 Å². The first kappa shape index (κ1) is 17.2. The molecule has 3 unspecified atom stereocenters. The molecule has 0 aromatic heterocycles.